The van der Waals surface area contributed by atoms with Crippen molar-refractivity contribution in [2.24, 2.45) is 4.99 Å². The Kier molecular flexibility index (Phi) is 6.54. The van der Waals surface area contributed by atoms with Crippen LogP contribution in [0.5, 0.6) is 0 Å². The number of benzene rings is 1. The van der Waals surface area contributed by atoms with Crippen molar-refractivity contribution in [3.8, 4) is 0 Å². The molecule has 1 aromatic carbocycles. The third kappa shape index (κ3) is 4.90. The number of nitrogens with zero attached hydrogens (tertiary/aromatic N) is 4. The summed E-state index contributed by atoms with van der Waals surface area (Å²) in [6.45, 7) is 4.12. The number of rotatable bonds is 4. The van der Waals surface area contributed by atoms with Crippen molar-refractivity contribution in [1.29, 1.82) is 0 Å². The van der Waals surface area contributed by atoms with Crippen LogP contribution in [0.2, 0.25) is 0 Å². The molecule has 0 bridgehead atoms. The normalized spacial score (nSPS) is 17.8. The van der Waals surface area contributed by atoms with E-state index in [0.717, 1.165) is 36.6 Å². The van der Waals surface area contributed by atoms with E-state index in [1.807, 2.05) is 21.9 Å². The number of amides is 2. The van der Waals surface area contributed by atoms with Crippen molar-refractivity contribution in [2.75, 3.05) is 44.7 Å². The number of piperidine rings is 1. The first kappa shape index (κ1) is 21.0. The van der Waals surface area contributed by atoms with Crippen LogP contribution in [0.4, 0.5) is 5.69 Å². The first-order valence-electron chi connectivity index (χ1n) is 10.8. The molecule has 2 aliphatic heterocycles. The molecule has 2 aromatic rings. The lowest BCUT2D eigenvalue weighted by Crippen LogP contribution is -2.53. The van der Waals surface area contributed by atoms with E-state index in [0.29, 0.717) is 44.9 Å². The van der Waals surface area contributed by atoms with Gasteiger partial charge in [-0.1, -0.05) is 12.1 Å². The molecule has 0 aliphatic carbocycles. The first-order valence-corrected chi connectivity index (χ1v) is 10.8. The molecule has 2 saturated heterocycles. The molecular weight excluding hydrogens is 394 g/mol. The molecule has 0 saturated carbocycles. The number of piperazine rings is 1. The molecule has 8 heteroatoms. The fraction of sp³-hybridized carbons (Fsp3) is 0.435. The maximum Gasteiger partial charge on any atom is 0.289 e. The average molecular weight is 424 g/mol. The molecule has 1 N–H and O–H groups in total. The summed E-state index contributed by atoms with van der Waals surface area (Å²) in [5.74, 6) is 1.34. The quantitative estimate of drug-likeness (QED) is 0.603. The fourth-order valence-electron chi connectivity index (χ4n) is 4.06. The Morgan fingerprint density at radius 1 is 1.03 bits per heavy atom. The summed E-state index contributed by atoms with van der Waals surface area (Å²) < 4.78 is 5.22. The zero-order valence-corrected chi connectivity index (χ0v) is 17.9. The van der Waals surface area contributed by atoms with Gasteiger partial charge < -0.3 is 24.4 Å². The van der Waals surface area contributed by atoms with Gasteiger partial charge in [0.2, 0.25) is 5.91 Å². The Morgan fingerprint density at radius 3 is 2.42 bits per heavy atom. The Morgan fingerprint density at radius 2 is 1.77 bits per heavy atom. The van der Waals surface area contributed by atoms with Crippen molar-refractivity contribution in [3.05, 3.63) is 54.0 Å². The Bertz CT molecular complexity index is 915. The minimum absolute atomic E-state index is 0.0696. The van der Waals surface area contributed by atoms with Crippen LogP contribution in [0.25, 0.3) is 0 Å². The van der Waals surface area contributed by atoms with E-state index in [-0.39, 0.29) is 11.8 Å². The maximum absolute atomic E-state index is 12.4. The maximum atomic E-state index is 12.4. The van der Waals surface area contributed by atoms with Crippen molar-refractivity contribution >= 4 is 23.5 Å². The van der Waals surface area contributed by atoms with Crippen molar-refractivity contribution in [1.82, 2.24) is 15.1 Å². The zero-order chi connectivity index (χ0) is 21.6. The largest absolute Gasteiger partial charge is 0.459 e. The highest BCUT2D eigenvalue weighted by Crippen LogP contribution is 2.21. The van der Waals surface area contributed by atoms with Crippen LogP contribution in [0.15, 0.2) is 52.1 Å². The highest BCUT2D eigenvalue weighted by atomic mass is 16.3. The van der Waals surface area contributed by atoms with Gasteiger partial charge in [0, 0.05) is 58.4 Å². The number of anilines is 1. The van der Waals surface area contributed by atoms with Gasteiger partial charge in [-0.05, 0) is 42.7 Å². The standard InChI is InChI=1S/C23H29N5O3/c1-24-23(27-14-12-26(13-15-27)22(30)20-5-4-16-31-20)25-17-18-7-9-19(10-8-18)28-11-3-2-6-21(28)29/h4-5,7-10,16H,2-3,6,11-15,17H2,1H3,(H,24,25). The summed E-state index contributed by atoms with van der Waals surface area (Å²) in [5.41, 5.74) is 2.09. The lowest BCUT2D eigenvalue weighted by atomic mass is 10.1. The number of hydrogen-bond acceptors (Lipinski definition) is 4. The number of aliphatic imine (C=N–C) groups is 1. The number of furan rings is 1. The zero-order valence-electron chi connectivity index (χ0n) is 17.9. The average Bonchev–Trinajstić information content (AvgIpc) is 3.35. The van der Waals surface area contributed by atoms with Crippen molar-refractivity contribution < 1.29 is 14.0 Å². The molecule has 31 heavy (non-hydrogen) atoms. The second kappa shape index (κ2) is 9.68. The lowest BCUT2D eigenvalue weighted by Gasteiger charge is -2.36. The van der Waals surface area contributed by atoms with Gasteiger partial charge in [0.25, 0.3) is 5.91 Å². The van der Waals surface area contributed by atoms with Crippen LogP contribution in [-0.4, -0.2) is 67.3 Å². The highest BCUT2D eigenvalue weighted by Gasteiger charge is 2.25. The van der Waals surface area contributed by atoms with Crippen LogP contribution in [0.1, 0.15) is 35.4 Å². The summed E-state index contributed by atoms with van der Waals surface area (Å²) in [4.78, 5) is 34.8. The second-order valence-electron chi connectivity index (χ2n) is 7.83. The molecule has 1 aromatic heterocycles. The Balaban J connectivity index is 1.28. The molecule has 0 radical (unpaired) electrons. The highest BCUT2D eigenvalue weighted by molar-refractivity contribution is 5.94. The molecule has 164 valence electrons. The van der Waals surface area contributed by atoms with Gasteiger partial charge in [-0.3, -0.25) is 14.6 Å². The Labute approximate surface area is 182 Å². The topological polar surface area (TPSA) is 81.4 Å². The van der Waals surface area contributed by atoms with E-state index in [2.05, 4.69) is 27.3 Å². The molecule has 8 nitrogen and oxygen atoms in total. The smallest absolute Gasteiger partial charge is 0.289 e. The van der Waals surface area contributed by atoms with E-state index < -0.39 is 0 Å². The monoisotopic (exact) mass is 423 g/mol. The third-order valence-electron chi connectivity index (χ3n) is 5.83. The molecule has 0 spiro atoms. The third-order valence-corrected chi connectivity index (χ3v) is 5.83. The van der Waals surface area contributed by atoms with E-state index in [1.165, 1.54) is 6.26 Å². The first-order chi connectivity index (χ1) is 15.2. The van der Waals surface area contributed by atoms with Gasteiger partial charge >= 0.3 is 0 Å². The van der Waals surface area contributed by atoms with E-state index in [1.54, 1.807) is 19.2 Å². The molecule has 4 rings (SSSR count). The predicted octanol–water partition coefficient (Wildman–Crippen LogP) is 2.33. The van der Waals surface area contributed by atoms with Crippen LogP contribution < -0.4 is 10.2 Å². The summed E-state index contributed by atoms with van der Waals surface area (Å²) in [7, 11) is 1.77. The number of hydrogen-bond donors (Lipinski definition) is 1. The molecule has 3 heterocycles. The van der Waals surface area contributed by atoms with Gasteiger partial charge in [0.05, 0.1) is 6.26 Å². The summed E-state index contributed by atoms with van der Waals surface area (Å²) in [5, 5.41) is 3.41. The number of carbonyl (C=O) groups is 2. The number of nitrogens with one attached hydrogen (secondary N) is 1. The number of carbonyl (C=O) groups excluding carboxylic acids is 2. The van der Waals surface area contributed by atoms with Gasteiger partial charge in [-0.2, -0.15) is 0 Å². The second-order valence-corrected chi connectivity index (χ2v) is 7.83. The van der Waals surface area contributed by atoms with Gasteiger partial charge in [0.15, 0.2) is 11.7 Å². The summed E-state index contributed by atoms with van der Waals surface area (Å²) in [6, 6.07) is 11.6. The van der Waals surface area contributed by atoms with Crippen LogP contribution >= 0.6 is 0 Å². The molecule has 2 amide bonds. The van der Waals surface area contributed by atoms with Gasteiger partial charge in [-0.25, -0.2) is 0 Å². The van der Waals surface area contributed by atoms with Crippen molar-refractivity contribution in [2.45, 2.75) is 25.8 Å². The summed E-state index contributed by atoms with van der Waals surface area (Å²) >= 11 is 0. The van der Waals surface area contributed by atoms with Crippen LogP contribution in [0, 0.1) is 0 Å². The fourth-order valence-corrected chi connectivity index (χ4v) is 4.06. The minimum atomic E-state index is -0.0696. The molecular formula is C23H29N5O3. The van der Waals surface area contributed by atoms with Crippen LogP contribution in [-0.2, 0) is 11.3 Å². The van der Waals surface area contributed by atoms with E-state index in [9.17, 15) is 9.59 Å². The van der Waals surface area contributed by atoms with Gasteiger partial charge in [0.1, 0.15) is 0 Å². The van der Waals surface area contributed by atoms with Gasteiger partial charge in [-0.15, -0.1) is 0 Å². The van der Waals surface area contributed by atoms with E-state index in [4.69, 9.17) is 4.42 Å². The number of guanidine groups is 1. The molecule has 0 unspecified atom stereocenters. The summed E-state index contributed by atoms with van der Waals surface area (Å²) in [6.07, 6.45) is 4.21. The lowest BCUT2D eigenvalue weighted by molar-refractivity contribution is -0.119. The van der Waals surface area contributed by atoms with E-state index >= 15 is 0 Å². The SMILES string of the molecule is CN=C(NCc1ccc(N2CCCCC2=O)cc1)N1CCN(C(=O)c2ccco2)CC1. The van der Waals surface area contributed by atoms with Crippen molar-refractivity contribution in [3.63, 3.8) is 0 Å². The van der Waals surface area contributed by atoms with Crippen LogP contribution in [0.3, 0.4) is 0 Å². The predicted molar refractivity (Wildman–Crippen MR) is 119 cm³/mol. The molecule has 2 fully saturated rings. The molecule has 2 aliphatic rings. The molecule has 0 atom stereocenters. The Hall–Kier alpha value is -3.29. The minimum Gasteiger partial charge on any atom is -0.459 e.